The van der Waals surface area contributed by atoms with Gasteiger partial charge in [-0.05, 0) is 43.3 Å². The number of benzene rings is 3. The quantitative estimate of drug-likeness (QED) is 0.205. The zero-order valence-electron chi connectivity index (χ0n) is 18.6. The molecule has 0 aliphatic carbocycles. The summed E-state index contributed by atoms with van der Waals surface area (Å²) in [7, 11) is 0. The predicted octanol–water partition coefficient (Wildman–Crippen LogP) is 4.41. The van der Waals surface area contributed by atoms with Crippen molar-refractivity contribution in [2.24, 2.45) is 5.10 Å². The van der Waals surface area contributed by atoms with Gasteiger partial charge in [-0.25, -0.2) is 9.37 Å². The van der Waals surface area contributed by atoms with Crippen molar-refractivity contribution in [2.75, 3.05) is 11.9 Å². The fourth-order valence-electron chi connectivity index (χ4n) is 3.29. The first-order valence-electron chi connectivity index (χ1n) is 10.4. The summed E-state index contributed by atoms with van der Waals surface area (Å²) in [5, 5.41) is 18.2. The van der Waals surface area contributed by atoms with Crippen molar-refractivity contribution >= 4 is 50.3 Å². The number of non-ortho nitro benzene ring substituents is 1. The van der Waals surface area contributed by atoms with Gasteiger partial charge >= 0.3 is 0 Å². The van der Waals surface area contributed by atoms with Gasteiger partial charge in [0.25, 0.3) is 17.2 Å². The van der Waals surface area contributed by atoms with Crippen molar-refractivity contribution in [1.82, 2.24) is 9.66 Å². The standard InChI is InChI=1S/C24H17BrFN5O5/c1-14-28-20-8-6-16(25)11-18(20)24(33)30(14)27-12-15-10-17(31(34)35)7-9-22(15)36-13-23(32)29-21-5-3-2-4-19(21)26/h2-12H,13H2,1H3,(H,29,32). The Morgan fingerprint density at radius 1 is 1.25 bits per heavy atom. The summed E-state index contributed by atoms with van der Waals surface area (Å²) >= 11 is 3.32. The molecule has 0 aliphatic rings. The van der Waals surface area contributed by atoms with E-state index in [9.17, 15) is 24.1 Å². The molecule has 12 heteroatoms. The van der Waals surface area contributed by atoms with Gasteiger partial charge in [0.05, 0.1) is 27.7 Å². The van der Waals surface area contributed by atoms with Crippen molar-refractivity contribution in [2.45, 2.75) is 6.92 Å². The number of carbonyl (C=O) groups excluding carboxylic acids is 1. The highest BCUT2D eigenvalue weighted by molar-refractivity contribution is 9.10. The topological polar surface area (TPSA) is 129 Å². The normalized spacial score (nSPS) is 11.1. The van der Waals surface area contributed by atoms with Gasteiger partial charge in [-0.15, -0.1) is 0 Å². The number of nitro benzene ring substituents is 1. The average molecular weight is 554 g/mol. The zero-order valence-corrected chi connectivity index (χ0v) is 20.2. The van der Waals surface area contributed by atoms with Crippen molar-refractivity contribution in [3.63, 3.8) is 0 Å². The highest BCUT2D eigenvalue weighted by Gasteiger charge is 2.14. The van der Waals surface area contributed by atoms with E-state index in [2.05, 4.69) is 31.3 Å². The smallest absolute Gasteiger partial charge is 0.282 e. The number of aryl methyl sites for hydroxylation is 1. The molecule has 1 aromatic heterocycles. The van der Waals surface area contributed by atoms with Gasteiger partial charge in [0.15, 0.2) is 6.61 Å². The minimum Gasteiger partial charge on any atom is -0.483 e. The van der Waals surface area contributed by atoms with Crippen LogP contribution < -0.4 is 15.6 Å². The van der Waals surface area contributed by atoms with Crippen LogP contribution in [0.5, 0.6) is 5.75 Å². The van der Waals surface area contributed by atoms with E-state index in [4.69, 9.17) is 4.74 Å². The molecule has 0 atom stereocenters. The third kappa shape index (κ3) is 5.44. The van der Waals surface area contributed by atoms with Gasteiger partial charge in [0, 0.05) is 22.2 Å². The molecule has 4 aromatic rings. The van der Waals surface area contributed by atoms with Gasteiger partial charge in [-0.2, -0.15) is 9.78 Å². The minimum absolute atomic E-state index is 0.0122. The van der Waals surface area contributed by atoms with Gasteiger partial charge in [0.2, 0.25) is 0 Å². The molecule has 182 valence electrons. The SMILES string of the molecule is Cc1nc2ccc(Br)cc2c(=O)n1N=Cc1cc([N+](=O)[O-])ccc1OCC(=O)Nc1ccccc1F. The lowest BCUT2D eigenvalue weighted by atomic mass is 10.2. The summed E-state index contributed by atoms with van der Waals surface area (Å²) in [6, 6.07) is 14.4. The van der Waals surface area contributed by atoms with Crippen LogP contribution in [0.4, 0.5) is 15.8 Å². The lowest BCUT2D eigenvalue weighted by molar-refractivity contribution is -0.384. The highest BCUT2D eigenvalue weighted by atomic mass is 79.9. The maximum atomic E-state index is 13.8. The number of aromatic nitrogens is 2. The largest absolute Gasteiger partial charge is 0.483 e. The monoisotopic (exact) mass is 553 g/mol. The maximum absolute atomic E-state index is 13.8. The number of anilines is 1. The van der Waals surface area contributed by atoms with Gasteiger partial charge in [-0.3, -0.25) is 19.7 Å². The summed E-state index contributed by atoms with van der Waals surface area (Å²) in [6.07, 6.45) is 1.21. The number of ether oxygens (including phenoxy) is 1. The molecule has 1 amide bonds. The highest BCUT2D eigenvalue weighted by Crippen LogP contribution is 2.23. The van der Waals surface area contributed by atoms with E-state index in [1.807, 2.05) is 0 Å². The van der Waals surface area contributed by atoms with Crippen LogP contribution in [0, 0.1) is 22.9 Å². The first kappa shape index (κ1) is 24.7. The number of nitrogens with zero attached hydrogens (tertiary/aromatic N) is 4. The molecule has 0 aliphatic heterocycles. The molecule has 10 nitrogen and oxygen atoms in total. The van der Waals surface area contributed by atoms with Gasteiger partial charge in [-0.1, -0.05) is 28.1 Å². The van der Waals surface area contributed by atoms with Gasteiger partial charge in [0.1, 0.15) is 17.4 Å². The van der Waals surface area contributed by atoms with E-state index >= 15 is 0 Å². The van der Waals surface area contributed by atoms with Crippen LogP contribution in [0.1, 0.15) is 11.4 Å². The molecule has 36 heavy (non-hydrogen) atoms. The molecule has 1 heterocycles. The Morgan fingerprint density at radius 2 is 2.03 bits per heavy atom. The molecule has 3 aromatic carbocycles. The molecule has 0 saturated carbocycles. The van der Waals surface area contributed by atoms with Crippen LogP contribution in [0.15, 0.2) is 75.0 Å². The summed E-state index contributed by atoms with van der Waals surface area (Å²) in [5.74, 6) is -0.859. The first-order valence-corrected chi connectivity index (χ1v) is 11.2. The third-order valence-electron chi connectivity index (χ3n) is 4.99. The average Bonchev–Trinajstić information content (AvgIpc) is 2.85. The number of carbonyl (C=O) groups is 1. The summed E-state index contributed by atoms with van der Waals surface area (Å²) in [6.45, 7) is 1.09. The number of halogens is 2. The van der Waals surface area contributed by atoms with Crippen LogP contribution in [0.3, 0.4) is 0 Å². The molecule has 1 N–H and O–H groups in total. The van der Waals surface area contributed by atoms with Crippen molar-refractivity contribution in [3.05, 3.63) is 103 Å². The molecule has 0 bridgehead atoms. The summed E-state index contributed by atoms with van der Waals surface area (Å²) in [4.78, 5) is 40.3. The lowest BCUT2D eigenvalue weighted by Crippen LogP contribution is -2.21. The number of nitrogens with one attached hydrogen (secondary N) is 1. The van der Waals surface area contributed by atoms with E-state index in [-0.39, 0.29) is 22.7 Å². The number of rotatable bonds is 7. The second kappa shape index (κ2) is 10.4. The number of para-hydroxylation sites is 1. The van der Waals surface area contributed by atoms with Crippen LogP contribution >= 0.6 is 15.9 Å². The molecule has 0 saturated heterocycles. The van der Waals surface area contributed by atoms with Crippen LogP contribution in [-0.2, 0) is 4.79 Å². The molecule has 0 spiro atoms. The summed E-state index contributed by atoms with van der Waals surface area (Å²) < 4.78 is 21.0. The van der Waals surface area contributed by atoms with E-state index in [1.165, 1.54) is 42.6 Å². The molecule has 0 radical (unpaired) electrons. The predicted molar refractivity (Wildman–Crippen MR) is 135 cm³/mol. The zero-order chi connectivity index (χ0) is 25.8. The van der Waals surface area contributed by atoms with E-state index in [0.29, 0.717) is 21.2 Å². The fourth-order valence-corrected chi connectivity index (χ4v) is 3.65. The third-order valence-corrected chi connectivity index (χ3v) is 5.49. The second-order valence-corrected chi connectivity index (χ2v) is 8.39. The Morgan fingerprint density at radius 3 is 2.78 bits per heavy atom. The number of fused-ring (bicyclic) bond motifs is 1. The van der Waals surface area contributed by atoms with Crippen molar-refractivity contribution in [3.8, 4) is 5.75 Å². The Hall–Kier alpha value is -4.45. The maximum Gasteiger partial charge on any atom is 0.282 e. The van der Waals surface area contributed by atoms with Crippen molar-refractivity contribution < 1.29 is 18.8 Å². The Balaban J connectivity index is 1.63. The molecular formula is C24H17BrFN5O5. The van der Waals surface area contributed by atoms with Crippen LogP contribution in [0.25, 0.3) is 10.9 Å². The lowest BCUT2D eigenvalue weighted by Gasteiger charge is -2.10. The van der Waals surface area contributed by atoms with Crippen LogP contribution in [0.2, 0.25) is 0 Å². The van der Waals surface area contributed by atoms with Crippen molar-refractivity contribution in [1.29, 1.82) is 0 Å². The Kier molecular flexibility index (Phi) is 7.15. The first-order chi connectivity index (χ1) is 17.2. The van der Waals surface area contributed by atoms with E-state index in [0.717, 1.165) is 4.68 Å². The molecular weight excluding hydrogens is 537 g/mol. The Labute approximate surface area is 211 Å². The number of hydrogen-bond acceptors (Lipinski definition) is 7. The number of hydrogen-bond donors (Lipinski definition) is 1. The second-order valence-electron chi connectivity index (χ2n) is 7.48. The summed E-state index contributed by atoms with van der Waals surface area (Å²) in [5.41, 5.74) is -0.0609. The molecule has 0 fully saturated rings. The van der Waals surface area contributed by atoms with E-state index < -0.39 is 28.8 Å². The molecule has 4 rings (SSSR count). The number of nitro groups is 1. The Bertz CT molecular complexity index is 1590. The fraction of sp³-hybridized carbons (Fsp3) is 0.0833. The minimum atomic E-state index is -0.641. The van der Waals surface area contributed by atoms with Crippen LogP contribution in [-0.4, -0.2) is 33.3 Å². The van der Waals surface area contributed by atoms with E-state index in [1.54, 1.807) is 31.2 Å². The van der Waals surface area contributed by atoms with Gasteiger partial charge < -0.3 is 10.1 Å². The molecule has 0 unspecified atom stereocenters. The number of amides is 1.